The first kappa shape index (κ1) is 19.3. The minimum atomic E-state index is -0.199. The summed E-state index contributed by atoms with van der Waals surface area (Å²) >= 11 is 0. The van der Waals surface area contributed by atoms with Crippen molar-refractivity contribution in [2.45, 2.75) is 26.8 Å². The Hall–Kier alpha value is -0.690. The van der Waals surface area contributed by atoms with Crippen LogP contribution in [0.4, 0.5) is 0 Å². The smallest absolute Gasteiger partial charge is 0.236 e. The van der Waals surface area contributed by atoms with Gasteiger partial charge in [0, 0.05) is 20.2 Å². The molecule has 1 unspecified atom stereocenters. The van der Waals surface area contributed by atoms with Gasteiger partial charge in [-0.1, -0.05) is 13.8 Å². The van der Waals surface area contributed by atoms with Gasteiger partial charge in [-0.2, -0.15) is 0 Å². The Morgan fingerprint density at radius 3 is 2.20 bits per heavy atom. The van der Waals surface area contributed by atoms with Crippen molar-refractivity contribution in [1.82, 2.24) is 10.6 Å². The zero-order valence-corrected chi connectivity index (χ0v) is 13.2. The molecule has 0 rings (SSSR count). The van der Waals surface area contributed by atoms with Crippen molar-refractivity contribution >= 4 is 5.91 Å². The molecular weight excluding hydrogens is 260 g/mol. The molecule has 0 aromatic rings. The maximum atomic E-state index is 11.7. The van der Waals surface area contributed by atoms with E-state index in [9.17, 15) is 4.79 Å². The van der Waals surface area contributed by atoms with Gasteiger partial charge >= 0.3 is 0 Å². The Bertz CT molecular complexity index is 237. The van der Waals surface area contributed by atoms with Gasteiger partial charge in [-0.15, -0.1) is 0 Å². The summed E-state index contributed by atoms with van der Waals surface area (Å²) in [7, 11) is 1.64. The number of nitrogens with one attached hydrogen (secondary N) is 2. The highest BCUT2D eigenvalue weighted by atomic mass is 16.5. The zero-order valence-electron chi connectivity index (χ0n) is 13.2. The van der Waals surface area contributed by atoms with E-state index in [1.165, 1.54) is 0 Å². The first-order chi connectivity index (χ1) is 9.57. The van der Waals surface area contributed by atoms with E-state index < -0.39 is 0 Å². The standard InChI is InChI=1S/C14H30N2O4/c1-12(2)11-16-14(17)13(3)15-5-6-19-9-10-20-8-7-18-4/h12-13,15H,5-11H2,1-4H3,(H,16,17). The average Bonchev–Trinajstić information content (AvgIpc) is 2.42. The van der Waals surface area contributed by atoms with Crippen LogP contribution >= 0.6 is 0 Å². The highest BCUT2D eigenvalue weighted by Gasteiger charge is 2.11. The summed E-state index contributed by atoms with van der Waals surface area (Å²) in [5, 5.41) is 6.01. The summed E-state index contributed by atoms with van der Waals surface area (Å²) in [6, 6.07) is -0.199. The lowest BCUT2D eigenvalue weighted by Crippen LogP contribution is -2.44. The molecule has 120 valence electrons. The van der Waals surface area contributed by atoms with Crippen LogP contribution in [0, 0.1) is 5.92 Å². The number of methoxy groups -OCH3 is 1. The Labute approximate surface area is 122 Å². The van der Waals surface area contributed by atoms with Crippen LogP contribution in [0.15, 0.2) is 0 Å². The molecule has 0 aromatic heterocycles. The van der Waals surface area contributed by atoms with E-state index in [0.717, 1.165) is 0 Å². The fourth-order valence-electron chi connectivity index (χ4n) is 1.36. The minimum Gasteiger partial charge on any atom is -0.382 e. The second-order valence-electron chi connectivity index (χ2n) is 5.03. The van der Waals surface area contributed by atoms with E-state index in [0.29, 0.717) is 52.0 Å². The molecule has 1 atom stereocenters. The van der Waals surface area contributed by atoms with Crippen molar-refractivity contribution in [3.8, 4) is 0 Å². The van der Waals surface area contributed by atoms with Crippen LogP contribution in [0.3, 0.4) is 0 Å². The molecule has 0 aliphatic rings. The molecule has 6 nitrogen and oxygen atoms in total. The van der Waals surface area contributed by atoms with Crippen LogP contribution in [0.25, 0.3) is 0 Å². The fraction of sp³-hybridized carbons (Fsp3) is 0.929. The van der Waals surface area contributed by atoms with E-state index in [-0.39, 0.29) is 11.9 Å². The van der Waals surface area contributed by atoms with Gasteiger partial charge in [0.15, 0.2) is 0 Å². The Kier molecular flexibility index (Phi) is 12.8. The van der Waals surface area contributed by atoms with E-state index in [2.05, 4.69) is 24.5 Å². The lowest BCUT2D eigenvalue weighted by molar-refractivity contribution is -0.122. The number of rotatable bonds is 13. The second kappa shape index (κ2) is 13.3. The molecule has 0 bridgehead atoms. The van der Waals surface area contributed by atoms with Crippen LogP contribution in [-0.4, -0.2) is 65.2 Å². The molecule has 0 saturated carbocycles. The van der Waals surface area contributed by atoms with E-state index in [1.54, 1.807) is 7.11 Å². The monoisotopic (exact) mass is 290 g/mol. The van der Waals surface area contributed by atoms with Gasteiger partial charge in [0.25, 0.3) is 0 Å². The van der Waals surface area contributed by atoms with Gasteiger partial charge in [-0.05, 0) is 12.8 Å². The highest BCUT2D eigenvalue weighted by Crippen LogP contribution is 1.89. The lowest BCUT2D eigenvalue weighted by Gasteiger charge is -2.15. The average molecular weight is 290 g/mol. The van der Waals surface area contributed by atoms with Crippen LogP contribution in [0.5, 0.6) is 0 Å². The minimum absolute atomic E-state index is 0.0293. The molecule has 0 aliphatic heterocycles. The van der Waals surface area contributed by atoms with Gasteiger partial charge in [0.2, 0.25) is 5.91 Å². The van der Waals surface area contributed by atoms with E-state index >= 15 is 0 Å². The van der Waals surface area contributed by atoms with Crippen molar-refractivity contribution in [2.75, 3.05) is 53.2 Å². The SMILES string of the molecule is COCCOCCOCCNC(C)C(=O)NCC(C)C. The van der Waals surface area contributed by atoms with Crippen molar-refractivity contribution in [2.24, 2.45) is 5.92 Å². The maximum absolute atomic E-state index is 11.7. The Morgan fingerprint density at radius 2 is 1.60 bits per heavy atom. The normalized spacial score (nSPS) is 12.7. The second-order valence-corrected chi connectivity index (χ2v) is 5.03. The molecule has 0 spiro atoms. The maximum Gasteiger partial charge on any atom is 0.236 e. The zero-order chi connectivity index (χ0) is 15.2. The van der Waals surface area contributed by atoms with Crippen molar-refractivity contribution in [3.63, 3.8) is 0 Å². The molecular formula is C14H30N2O4. The third kappa shape index (κ3) is 12.3. The Morgan fingerprint density at radius 1 is 1.00 bits per heavy atom. The van der Waals surface area contributed by atoms with Crippen molar-refractivity contribution < 1.29 is 19.0 Å². The van der Waals surface area contributed by atoms with Crippen LogP contribution in [-0.2, 0) is 19.0 Å². The molecule has 0 aliphatic carbocycles. The molecule has 2 N–H and O–H groups in total. The summed E-state index contributed by atoms with van der Waals surface area (Å²) in [5.74, 6) is 0.495. The number of hydrogen-bond donors (Lipinski definition) is 2. The van der Waals surface area contributed by atoms with Gasteiger partial charge in [-0.3, -0.25) is 4.79 Å². The predicted molar refractivity (Wildman–Crippen MR) is 78.8 cm³/mol. The number of hydrogen-bond acceptors (Lipinski definition) is 5. The third-order valence-electron chi connectivity index (χ3n) is 2.58. The number of amides is 1. The van der Waals surface area contributed by atoms with Crippen LogP contribution in [0.1, 0.15) is 20.8 Å². The van der Waals surface area contributed by atoms with Gasteiger partial charge in [0.1, 0.15) is 0 Å². The lowest BCUT2D eigenvalue weighted by atomic mass is 10.2. The summed E-state index contributed by atoms with van der Waals surface area (Å²) in [6.45, 7) is 10.2. The van der Waals surface area contributed by atoms with Gasteiger partial charge < -0.3 is 24.8 Å². The Balaban J connectivity index is 3.34. The van der Waals surface area contributed by atoms with Crippen LogP contribution < -0.4 is 10.6 Å². The molecule has 0 saturated heterocycles. The predicted octanol–water partition coefficient (Wildman–Crippen LogP) is 0.416. The molecule has 0 heterocycles. The molecule has 0 fully saturated rings. The first-order valence-electron chi connectivity index (χ1n) is 7.23. The topological polar surface area (TPSA) is 68.8 Å². The third-order valence-corrected chi connectivity index (χ3v) is 2.58. The summed E-state index contributed by atoms with van der Waals surface area (Å²) < 4.78 is 15.5. The number of carbonyl (C=O) groups excluding carboxylic acids is 1. The summed E-state index contributed by atoms with van der Waals surface area (Å²) in [6.07, 6.45) is 0. The van der Waals surface area contributed by atoms with Gasteiger partial charge in [-0.25, -0.2) is 0 Å². The van der Waals surface area contributed by atoms with Crippen molar-refractivity contribution in [1.29, 1.82) is 0 Å². The molecule has 1 amide bonds. The number of ether oxygens (including phenoxy) is 3. The quantitative estimate of drug-likeness (QED) is 0.481. The molecule has 6 heteroatoms. The van der Waals surface area contributed by atoms with Gasteiger partial charge in [0.05, 0.1) is 39.1 Å². The molecule has 0 radical (unpaired) electrons. The largest absolute Gasteiger partial charge is 0.382 e. The fourth-order valence-corrected chi connectivity index (χ4v) is 1.36. The highest BCUT2D eigenvalue weighted by molar-refractivity contribution is 5.81. The van der Waals surface area contributed by atoms with Crippen LogP contribution in [0.2, 0.25) is 0 Å². The molecule has 20 heavy (non-hydrogen) atoms. The summed E-state index contributed by atoms with van der Waals surface area (Å²) in [5.41, 5.74) is 0. The van der Waals surface area contributed by atoms with E-state index in [4.69, 9.17) is 14.2 Å². The first-order valence-corrected chi connectivity index (χ1v) is 7.23. The van der Waals surface area contributed by atoms with E-state index in [1.807, 2.05) is 6.92 Å². The summed E-state index contributed by atoms with van der Waals surface area (Å²) in [4.78, 5) is 11.7. The van der Waals surface area contributed by atoms with Crippen molar-refractivity contribution in [3.05, 3.63) is 0 Å². The number of carbonyl (C=O) groups is 1. The molecule has 0 aromatic carbocycles.